The van der Waals surface area contributed by atoms with Crippen LogP contribution in [-0.2, 0) is 4.79 Å². The monoisotopic (exact) mass is 258 g/mol. The largest absolute Gasteiger partial charge is 0.573 e. The summed E-state index contributed by atoms with van der Waals surface area (Å²) in [5.41, 5.74) is 0. The number of hydrogen-bond donors (Lipinski definition) is 0. The SMILES string of the molecule is CCC#CC(=O)Oc1ccccc1OC(F)(F)F. The number of halogens is 3. The summed E-state index contributed by atoms with van der Waals surface area (Å²) in [6.45, 7) is 1.72. The fourth-order valence-electron chi connectivity index (χ4n) is 1.03. The summed E-state index contributed by atoms with van der Waals surface area (Å²) in [6.07, 6.45) is -4.41. The zero-order chi connectivity index (χ0) is 13.6. The van der Waals surface area contributed by atoms with Crippen molar-refractivity contribution >= 4 is 5.97 Å². The van der Waals surface area contributed by atoms with Crippen molar-refractivity contribution in [1.29, 1.82) is 0 Å². The van der Waals surface area contributed by atoms with Crippen molar-refractivity contribution in [2.45, 2.75) is 19.7 Å². The maximum atomic E-state index is 12.1. The molecule has 18 heavy (non-hydrogen) atoms. The molecule has 0 aliphatic carbocycles. The van der Waals surface area contributed by atoms with Crippen LogP contribution in [0.2, 0.25) is 0 Å². The molecule has 0 unspecified atom stereocenters. The molecule has 1 aromatic rings. The Morgan fingerprint density at radius 2 is 1.89 bits per heavy atom. The van der Waals surface area contributed by atoms with Gasteiger partial charge < -0.3 is 9.47 Å². The van der Waals surface area contributed by atoms with Gasteiger partial charge in [0.1, 0.15) is 0 Å². The molecule has 0 aliphatic heterocycles. The first-order valence-corrected chi connectivity index (χ1v) is 4.98. The summed E-state index contributed by atoms with van der Waals surface area (Å²) in [6, 6.07) is 4.98. The highest BCUT2D eigenvalue weighted by molar-refractivity contribution is 5.90. The number of rotatable bonds is 2. The predicted octanol–water partition coefficient (Wildman–Crippen LogP) is 2.90. The van der Waals surface area contributed by atoms with Gasteiger partial charge >= 0.3 is 12.3 Å². The third-order valence-electron chi connectivity index (χ3n) is 1.64. The average Bonchev–Trinajstić information content (AvgIpc) is 2.27. The van der Waals surface area contributed by atoms with Gasteiger partial charge in [-0.1, -0.05) is 25.0 Å². The summed E-state index contributed by atoms with van der Waals surface area (Å²) in [7, 11) is 0. The molecule has 3 nitrogen and oxygen atoms in total. The molecule has 0 aromatic heterocycles. The van der Waals surface area contributed by atoms with E-state index in [0.29, 0.717) is 6.42 Å². The van der Waals surface area contributed by atoms with Gasteiger partial charge in [-0.2, -0.15) is 0 Å². The van der Waals surface area contributed by atoms with Crippen LogP contribution in [0.5, 0.6) is 11.5 Å². The van der Waals surface area contributed by atoms with Gasteiger partial charge in [0.05, 0.1) is 0 Å². The van der Waals surface area contributed by atoms with Crippen LogP contribution in [0.4, 0.5) is 13.2 Å². The van der Waals surface area contributed by atoms with Crippen molar-refractivity contribution in [3.63, 3.8) is 0 Å². The zero-order valence-electron chi connectivity index (χ0n) is 9.38. The molecule has 0 spiro atoms. The Kier molecular flexibility index (Phi) is 4.60. The molecule has 0 bridgehead atoms. The number of ether oxygens (including phenoxy) is 2. The molecule has 6 heteroatoms. The fourth-order valence-corrected chi connectivity index (χ4v) is 1.03. The molecular weight excluding hydrogens is 249 g/mol. The summed E-state index contributed by atoms with van der Waals surface area (Å²) >= 11 is 0. The van der Waals surface area contributed by atoms with E-state index in [1.54, 1.807) is 6.92 Å². The quantitative estimate of drug-likeness (QED) is 0.354. The Bertz CT molecular complexity index is 483. The first-order valence-electron chi connectivity index (χ1n) is 4.98. The summed E-state index contributed by atoms with van der Waals surface area (Å²) in [4.78, 5) is 11.2. The first kappa shape index (κ1) is 13.9. The Morgan fingerprint density at radius 1 is 1.28 bits per heavy atom. The number of para-hydroxylation sites is 2. The molecule has 1 aromatic carbocycles. The van der Waals surface area contributed by atoms with Crippen molar-refractivity contribution in [3.8, 4) is 23.3 Å². The van der Waals surface area contributed by atoms with Gasteiger partial charge in [0.25, 0.3) is 0 Å². The lowest BCUT2D eigenvalue weighted by Gasteiger charge is -2.11. The topological polar surface area (TPSA) is 35.5 Å². The maximum Gasteiger partial charge on any atom is 0.573 e. The van der Waals surface area contributed by atoms with Gasteiger partial charge in [-0.05, 0) is 12.1 Å². The lowest BCUT2D eigenvalue weighted by molar-refractivity contribution is -0.275. The first-order chi connectivity index (χ1) is 8.42. The molecule has 0 N–H and O–H groups in total. The van der Waals surface area contributed by atoms with Gasteiger partial charge in [-0.15, -0.1) is 13.2 Å². The van der Waals surface area contributed by atoms with Crippen molar-refractivity contribution in [2.75, 3.05) is 0 Å². The van der Waals surface area contributed by atoms with Crippen LogP contribution in [0.1, 0.15) is 13.3 Å². The van der Waals surface area contributed by atoms with Gasteiger partial charge in [0, 0.05) is 12.3 Å². The van der Waals surface area contributed by atoms with E-state index in [0.717, 1.165) is 6.07 Å². The van der Waals surface area contributed by atoms with E-state index in [1.807, 2.05) is 0 Å². The summed E-state index contributed by atoms with van der Waals surface area (Å²) < 4.78 is 44.6. The average molecular weight is 258 g/mol. The molecular formula is C12H9F3O3. The minimum atomic E-state index is -4.85. The number of alkyl halides is 3. The second kappa shape index (κ2) is 5.96. The molecule has 0 saturated heterocycles. The number of carbonyl (C=O) groups is 1. The smallest absolute Gasteiger partial charge is 0.413 e. The third-order valence-corrected chi connectivity index (χ3v) is 1.64. The van der Waals surface area contributed by atoms with Gasteiger partial charge in [-0.3, -0.25) is 0 Å². The lowest BCUT2D eigenvalue weighted by Crippen LogP contribution is -2.18. The molecule has 0 amide bonds. The van der Waals surface area contributed by atoms with E-state index in [4.69, 9.17) is 0 Å². The van der Waals surface area contributed by atoms with Gasteiger partial charge in [-0.25, -0.2) is 4.79 Å². The van der Waals surface area contributed by atoms with E-state index < -0.39 is 18.1 Å². The zero-order valence-corrected chi connectivity index (χ0v) is 9.38. The van der Waals surface area contributed by atoms with Gasteiger partial charge in [0.15, 0.2) is 11.5 Å². The number of benzene rings is 1. The molecule has 0 atom stereocenters. The van der Waals surface area contributed by atoms with Crippen molar-refractivity contribution in [3.05, 3.63) is 24.3 Å². The summed E-state index contributed by atoms with van der Waals surface area (Å²) in [5.74, 6) is 2.72. The highest BCUT2D eigenvalue weighted by atomic mass is 19.4. The number of esters is 1. The van der Waals surface area contributed by atoms with Crippen LogP contribution in [0, 0.1) is 11.8 Å². The van der Waals surface area contributed by atoms with Crippen molar-refractivity contribution < 1.29 is 27.4 Å². The number of carbonyl (C=O) groups excluding carboxylic acids is 1. The van der Waals surface area contributed by atoms with Crippen molar-refractivity contribution in [1.82, 2.24) is 0 Å². The minimum Gasteiger partial charge on any atom is -0.413 e. The minimum absolute atomic E-state index is 0.328. The Hall–Kier alpha value is -2.16. The highest BCUT2D eigenvalue weighted by Gasteiger charge is 2.32. The van der Waals surface area contributed by atoms with E-state index in [1.165, 1.54) is 18.2 Å². The Morgan fingerprint density at radius 3 is 2.44 bits per heavy atom. The third kappa shape index (κ3) is 4.78. The maximum absolute atomic E-state index is 12.1. The Balaban J connectivity index is 2.86. The number of hydrogen-bond acceptors (Lipinski definition) is 3. The van der Waals surface area contributed by atoms with Crippen LogP contribution in [0.3, 0.4) is 0 Å². The molecule has 0 aliphatic rings. The van der Waals surface area contributed by atoms with E-state index in [-0.39, 0.29) is 5.75 Å². The second-order valence-electron chi connectivity index (χ2n) is 3.04. The second-order valence-corrected chi connectivity index (χ2v) is 3.04. The predicted molar refractivity (Wildman–Crippen MR) is 56.8 cm³/mol. The molecule has 0 radical (unpaired) electrons. The van der Waals surface area contributed by atoms with E-state index in [9.17, 15) is 18.0 Å². The van der Waals surface area contributed by atoms with E-state index >= 15 is 0 Å². The standard InChI is InChI=1S/C12H9F3O3/c1-2-3-8-11(16)17-9-6-4-5-7-10(9)18-12(13,14)15/h4-7H,2H2,1H3. The lowest BCUT2D eigenvalue weighted by atomic mass is 10.3. The highest BCUT2D eigenvalue weighted by Crippen LogP contribution is 2.31. The van der Waals surface area contributed by atoms with Crippen LogP contribution in [0.25, 0.3) is 0 Å². The van der Waals surface area contributed by atoms with Gasteiger partial charge in [0.2, 0.25) is 0 Å². The molecule has 0 heterocycles. The normalized spacial score (nSPS) is 10.2. The van der Waals surface area contributed by atoms with E-state index in [2.05, 4.69) is 21.3 Å². The molecule has 96 valence electrons. The molecule has 1 rings (SSSR count). The van der Waals surface area contributed by atoms with Crippen LogP contribution >= 0.6 is 0 Å². The summed E-state index contributed by atoms with van der Waals surface area (Å²) in [5, 5.41) is 0. The molecule has 0 fully saturated rings. The van der Waals surface area contributed by atoms with Crippen molar-refractivity contribution in [2.24, 2.45) is 0 Å². The van der Waals surface area contributed by atoms with Crippen LogP contribution < -0.4 is 9.47 Å². The van der Waals surface area contributed by atoms with Crippen LogP contribution in [-0.4, -0.2) is 12.3 Å². The molecule has 0 saturated carbocycles. The van der Waals surface area contributed by atoms with Crippen LogP contribution in [0.15, 0.2) is 24.3 Å². The fraction of sp³-hybridized carbons (Fsp3) is 0.250. The Labute approximate surface area is 102 Å².